The summed E-state index contributed by atoms with van der Waals surface area (Å²) in [7, 11) is 0. The van der Waals surface area contributed by atoms with E-state index in [2.05, 4.69) is 32.7 Å². The van der Waals surface area contributed by atoms with Crippen LogP contribution in [0.5, 0.6) is 0 Å². The van der Waals surface area contributed by atoms with Crippen LogP contribution in [-0.2, 0) is 0 Å². The number of pyridine rings is 1. The molecule has 2 N–H and O–H groups in total. The van der Waals surface area contributed by atoms with Crippen molar-refractivity contribution in [3.8, 4) is 5.82 Å². The zero-order valence-corrected chi connectivity index (χ0v) is 12.7. The number of halogens is 1. The Hall–Kier alpha value is -1.54. The molecule has 0 amide bonds. The number of nitrogens with zero attached hydrogens (tertiary/aromatic N) is 3. The molecule has 94 valence electrons. The molecule has 0 aliphatic carbocycles. The Kier molecular flexibility index (Phi) is 3.19. The summed E-state index contributed by atoms with van der Waals surface area (Å²) in [4.78, 5) is 4.93. The SMILES string of the molecule is NC(=S)c1cc2ccccc2nc1-n1cc(I)cn1. The van der Waals surface area contributed by atoms with E-state index in [1.807, 2.05) is 36.5 Å². The lowest BCUT2D eigenvalue weighted by Gasteiger charge is -2.09. The van der Waals surface area contributed by atoms with E-state index >= 15 is 0 Å². The van der Waals surface area contributed by atoms with E-state index < -0.39 is 0 Å². The van der Waals surface area contributed by atoms with Crippen molar-refractivity contribution >= 4 is 50.7 Å². The molecule has 0 spiro atoms. The van der Waals surface area contributed by atoms with Gasteiger partial charge in [0, 0.05) is 11.6 Å². The maximum Gasteiger partial charge on any atom is 0.164 e. The van der Waals surface area contributed by atoms with Crippen molar-refractivity contribution in [2.75, 3.05) is 0 Å². The van der Waals surface area contributed by atoms with Gasteiger partial charge in [0.25, 0.3) is 0 Å². The Morgan fingerprint density at radius 3 is 2.79 bits per heavy atom. The van der Waals surface area contributed by atoms with Gasteiger partial charge in [0.15, 0.2) is 5.82 Å². The van der Waals surface area contributed by atoms with Crippen molar-refractivity contribution < 1.29 is 0 Å². The van der Waals surface area contributed by atoms with Crippen molar-refractivity contribution in [2.45, 2.75) is 0 Å². The molecule has 0 aliphatic rings. The van der Waals surface area contributed by atoms with Gasteiger partial charge < -0.3 is 5.73 Å². The minimum absolute atomic E-state index is 0.318. The highest BCUT2D eigenvalue weighted by Gasteiger charge is 2.12. The fourth-order valence-electron chi connectivity index (χ4n) is 1.88. The lowest BCUT2D eigenvalue weighted by atomic mass is 10.1. The monoisotopic (exact) mass is 380 g/mol. The third-order valence-corrected chi connectivity index (χ3v) is 3.51. The van der Waals surface area contributed by atoms with Gasteiger partial charge in [0.2, 0.25) is 0 Å². The van der Waals surface area contributed by atoms with Crippen molar-refractivity contribution in [3.63, 3.8) is 0 Å². The van der Waals surface area contributed by atoms with Crippen molar-refractivity contribution in [1.82, 2.24) is 14.8 Å². The zero-order valence-electron chi connectivity index (χ0n) is 9.75. The van der Waals surface area contributed by atoms with Crippen LogP contribution < -0.4 is 5.73 Å². The maximum atomic E-state index is 5.80. The van der Waals surface area contributed by atoms with E-state index in [4.69, 9.17) is 18.0 Å². The topological polar surface area (TPSA) is 56.7 Å². The minimum Gasteiger partial charge on any atom is -0.389 e. The maximum absolute atomic E-state index is 5.80. The largest absolute Gasteiger partial charge is 0.389 e. The van der Waals surface area contributed by atoms with Gasteiger partial charge in [0.1, 0.15) is 4.99 Å². The average Bonchev–Trinajstić information content (AvgIpc) is 2.83. The average molecular weight is 380 g/mol. The highest BCUT2D eigenvalue weighted by Crippen LogP contribution is 2.20. The number of fused-ring (bicyclic) bond motifs is 1. The van der Waals surface area contributed by atoms with E-state index in [-0.39, 0.29) is 0 Å². The Labute approximate surface area is 128 Å². The highest BCUT2D eigenvalue weighted by atomic mass is 127. The van der Waals surface area contributed by atoms with Crippen LogP contribution in [0.15, 0.2) is 42.7 Å². The number of para-hydroxylation sites is 1. The van der Waals surface area contributed by atoms with Gasteiger partial charge in [-0.1, -0.05) is 30.4 Å². The molecule has 4 nitrogen and oxygen atoms in total. The minimum atomic E-state index is 0.318. The van der Waals surface area contributed by atoms with Crippen molar-refractivity contribution in [2.24, 2.45) is 5.73 Å². The van der Waals surface area contributed by atoms with Crippen LogP contribution in [0.1, 0.15) is 5.56 Å². The number of hydrogen-bond acceptors (Lipinski definition) is 3. The number of thiocarbonyl (C=S) groups is 1. The molecule has 0 aliphatic heterocycles. The molecule has 6 heteroatoms. The van der Waals surface area contributed by atoms with Gasteiger partial charge in [-0.15, -0.1) is 0 Å². The smallest absolute Gasteiger partial charge is 0.164 e. The van der Waals surface area contributed by atoms with Crippen LogP contribution in [0.2, 0.25) is 0 Å². The predicted octanol–water partition coefficient (Wildman–Crippen LogP) is 2.66. The summed E-state index contributed by atoms with van der Waals surface area (Å²) in [6.45, 7) is 0. The first-order valence-corrected chi connectivity index (χ1v) is 7.04. The number of hydrogen-bond donors (Lipinski definition) is 1. The Balaban J connectivity index is 2.32. The third kappa shape index (κ3) is 2.33. The molecule has 3 rings (SSSR count). The van der Waals surface area contributed by atoms with Crippen LogP contribution >= 0.6 is 34.8 Å². The summed E-state index contributed by atoms with van der Waals surface area (Å²) in [5, 5.41) is 5.28. The molecule has 0 radical (unpaired) electrons. The molecule has 0 bridgehead atoms. The second-order valence-electron chi connectivity index (χ2n) is 4.02. The Bertz CT molecular complexity index is 781. The van der Waals surface area contributed by atoms with Gasteiger partial charge in [-0.05, 0) is 34.7 Å². The molecule has 2 heterocycles. The van der Waals surface area contributed by atoms with Gasteiger partial charge >= 0.3 is 0 Å². The second-order valence-corrected chi connectivity index (χ2v) is 5.71. The molecular weight excluding hydrogens is 371 g/mol. The second kappa shape index (κ2) is 4.86. The Morgan fingerprint density at radius 2 is 2.11 bits per heavy atom. The molecule has 0 atom stereocenters. The van der Waals surface area contributed by atoms with E-state index in [0.717, 1.165) is 20.0 Å². The number of aromatic nitrogens is 3. The van der Waals surface area contributed by atoms with Crippen LogP contribution in [0.3, 0.4) is 0 Å². The van der Waals surface area contributed by atoms with Crippen molar-refractivity contribution in [3.05, 3.63) is 51.9 Å². The lowest BCUT2D eigenvalue weighted by molar-refractivity contribution is 0.850. The Morgan fingerprint density at radius 1 is 1.32 bits per heavy atom. The molecule has 0 saturated heterocycles. The normalized spacial score (nSPS) is 10.8. The number of rotatable bonds is 2. The quantitative estimate of drug-likeness (QED) is 0.549. The summed E-state index contributed by atoms with van der Waals surface area (Å²) in [6.07, 6.45) is 3.65. The third-order valence-electron chi connectivity index (χ3n) is 2.74. The molecule has 0 saturated carbocycles. The van der Waals surface area contributed by atoms with Crippen LogP contribution in [0.25, 0.3) is 16.7 Å². The summed E-state index contributed by atoms with van der Waals surface area (Å²) < 4.78 is 2.73. The molecule has 19 heavy (non-hydrogen) atoms. The van der Waals surface area contributed by atoms with Crippen LogP contribution in [0.4, 0.5) is 0 Å². The van der Waals surface area contributed by atoms with Gasteiger partial charge in [-0.3, -0.25) is 0 Å². The molecule has 1 aromatic carbocycles. The number of benzene rings is 1. The van der Waals surface area contributed by atoms with Crippen LogP contribution in [0, 0.1) is 3.57 Å². The fraction of sp³-hybridized carbons (Fsp3) is 0. The number of nitrogens with two attached hydrogens (primary N) is 1. The first-order valence-electron chi connectivity index (χ1n) is 5.55. The molecule has 0 fully saturated rings. The molecule has 2 aromatic heterocycles. The van der Waals surface area contributed by atoms with Crippen molar-refractivity contribution in [1.29, 1.82) is 0 Å². The summed E-state index contributed by atoms with van der Waals surface area (Å²) >= 11 is 7.31. The predicted molar refractivity (Wildman–Crippen MR) is 87.5 cm³/mol. The standard InChI is InChI=1S/C13H9IN4S/c14-9-6-16-18(7-9)13-10(12(15)19)5-8-3-1-2-4-11(8)17-13/h1-7H,(H2,15,19). The van der Waals surface area contributed by atoms with E-state index in [0.29, 0.717) is 10.8 Å². The zero-order chi connectivity index (χ0) is 13.4. The fourth-order valence-corrected chi connectivity index (χ4v) is 2.42. The van der Waals surface area contributed by atoms with Gasteiger partial charge in [-0.2, -0.15) is 5.10 Å². The summed E-state index contributed by atoms with van der Waals surface area (Å²) in [5.74, 6) is 0.661. The lowest BCUT2D eigenvalue weighted by Crippen LogP contribution is -2.15. The van der Waals surface area contributed by atoms with Gasteiger partial charge in [0.05, 0.1) is 20.8 Å². The molecule has 3 aromatic rings. The molecular formula is C13H9IN4S. The molecule has 0 unspecified atom stereocenters. The summed E-state index contributed by atoms with van der Waals surface area (Å²) in [6, 6.07) is 9.81. The first-order chi connectivity index (χ1) is 9.15. The van der Waals surface area contributed by atoms with E-state index in [9.17, 15) is 0 Å². The summed E-state index contributed by atoms with van der Waals surface area (Å²) in [5.41, 5.74) is 7.42. The first kappa shape index (κ1) is 12.5. The van der Waals surface area contributed by atoms with E-state index in [1.54, 1.807) is 10.9 Å². The van der Waals surface area contributed by atoms with Crippen LogP contribution in [-0.4, -0.2) is 19.8 Å². The van der Waals surface area contributed by atoms with Gasteiger partial charge in [-0.25, -0.2) is 9.67 Å². The highest BCUT2D eigenvalue weighted by molar-refractivity contribution is 14.1. The van der Waals surface area contributed by atoms with E-state index in [1.165, 1.54) is 0 Å².